The van der Waals surface area contributed by atoms with Crippen molar-refractivity contribution < 1.29 is 24.6 Å². The number of nitrogens with two attached hydrogens (primary N) is 1. The Balaban J connectivity index is 1.78. The Morgan fingerprint density at radius 1 is 1.23 bits per heavy atom. The van der Waals surface area contributed by atoms with Crippen molar-refractivity contribution in [1.82, 2.24) is 5.43 Å². The zero-order chi connectivity index (χ0) is 22.8. The second kappa shape index (κ2) is 9.11. The molecule has 0 heterocycles. The van der Waals surface area contributed by atoms with E-state index in [9.17, 15) is 24.6 Å². The van der Waals surface area contributed by atoms with Crippen LogP contribution in [0.5, 0.6) is 0 Å². The van der Waals surface area contributed by atoms with Crippen molar-refractivity contribution >= 4 is 28.9 Å². The van der Waals surface area contributed by atoms with E-state index in [4.69, 9.17) is 5.73 Å². The molecule has 1 aromatic carbocycles. The van der Waals surface area contributed by atoms with E-state index in [0.29, 0.717) is 25.0 Å². The van der Waals surface area contributed by atoms with Crippen LogP contribution in [0.1, 0.15) is 55.7 Å². The molecule has 8 nitrogen and oxygen atoms in total. The Labute approximate surface area is 181 Å². The Morgan fingerprint density at radius 3 is 2.68 bits per heavy atom. The molecule has 166 valence electrons. The van der Waals surface area contributed by atoms with E-state index in [0.717, 1.165) is 19.3 Å². The van der Waals surface area contributed by atoms with E-state index in [1.54, 1.807) is 6.92 Å². The van der Waals surface area contributed by atoms with Gasteiger partial charge in [0.1, 0.15) is 5.78 Å². The lowest BCUT2D eigenvalue weighted by Crippen LogP contribution is -2.47. The van der Waals surface area contributed by atoms with E-state index in [-0.39, 0.29) is 5.78 Å². The molecule has 1 aromatic rings. The molecule has 2 aliphatic carbocycles. The molecule has 31 heavy (non-hydrogen) atoms. The highest BCUT2D eigenvalue weighted by Crippen LogP contribution is 2.38. The molecule has 0 bridgehead atoms. The summed E-state index contributed by atoms with van der Waals surface area (Å²) in [6.07, 6.45) is 2.24. The van der Waals surface area contributed by atoms with Gasteiger partial charge in [-0.1, -0.05) is 29.8 Å². The minimum Gasteiger partial charge on any atom is -0.380 e. The summed E-state index contributed by atoms with van der Waals surface area (Å²) in [5, 5.41) is 23.2. The second-order valence-electron chi connectivity index (χ2n) is 8.53. The molecule has 8 heteroatoms. The fourth-order valence-electron chi connectivity index (χ4n) is 4.23. The molecule has 2 aliphatic rings. The fourth-order valence-corrected chi connectivity index (χ4v) is 4.23. The molecule has 2 amide bonds. The third-order valence-electron chi connectivity index (χ3n) is 6.26. The van der Waals surface area contributed by atoms with Crippen molar-refractivity contribution in [3.63, 3.8) is 0 Å². The number of nitrogens with zero attached hydrogens (tertiary/aromatic N) is 1. The van der Waals surface area contributed by atoms with Gasteiger partial charge in [-0.15, -0.1) is 0 Å². The summed E-state index contributed by atoms with van der Waals surface area (Å²) in [7, 11) is 0. The van der Waals surface area contributed by atoms with Crippen molar-refractivity contribution in [3.05, 3.63) is 41.0 Å². The van der Waals surface area contributed by atoms with E-state index in [2.05, 4.69) is 41.7 Å². The van der Waals surface area contributed by atoms with Crippen molar-refractivity contribution in [1.29, 1.82) is 0 Å². The zero-order valence-electron chi connectivity index (χ0n) is 17.9. The number of ketones is 1. The Bertz CT molecular complexity index is 968. The summed E-state index contributed by atoms with van der Waals surface area (Å²) in [6.45, 7) is 3.88. The number of primary amides is 1. The lowest BCUT2D eigenvalue weighted by atomic mass is 9.79. The molecular weight excluding hydrogens is 398 g/mol. The average molecular weight is 428 g/mol. The summed E-state index contributed by atoms with van der Waals surface area (Å²) in [5.74, 6) is -2.24. The normalized spacial score (nSPS) is 25.4. The van der Waals surface area contributed by atoms with Gasteiger partial charge in [0.25, 0.3) is 5.91 Å². The van der Waals surface area contributed by atoms with Crippen LogP contribution in [0.3, 0.4) is 0 Å². The summed E-state index contributed by atoms with van der Waals surface area (Å²) < 4.78 is 0. The number of hydrogen-bond acceptors (Lipinski definition) is 6. The maximum absolute atomic E-state index is 12.7. The fraction of sp³-hybridized carbons (Fsp3) is 0.478. The van der Waals surface area contributed by atoms with Crippen molar-refractivity contribution in [2.75, 3.05) is 0 Å². The predicted octanol–water partition coefficient (Wildman–Crippen LogP) is 1.15. The number of hydrogen-bond donors (Lipinski definition) is 4. The van der Waals surface area contributed by atoms with Crippen LogP contribution in [-0.2, 0) is 20.8 Å². The van der Waals surface area contributed by atoms with Crippen LogP contribution in [0.15, 0.2) is 29.4 Å². The van der Waals surface area contributed by atoms with Gasteiger partial charge in [0, 0.05) is 6.42 Å². The number of Topliss-reactive ketones (excluding diaryl/α,β-unsaturated/α-hetero) is 1. The lowest BCUT2D eigenvalue weighted by molar-refractivity contribution is -0.144. The van der Waals surface area contributed by atoms with Gasteiger partial charge >= 0.3 is 0 Å². The number of aryl methyl sites for hydroxylation is 2. The molecule has 1 fully saturated rings. The van der Waals surface area contributed by atoms with E-state index in [1.165, 1.54) is 22.3 Å². The largest absolute Gasteiger partial charge is 0.380 e. The number of aliphatic hydroxyl groups is 2. The van der Waals surface area contributed by atoms with Gasteiger partial charge in [0.2, 0.25) is 5.91 Å². The van der Waals surface area contributed by atoms with Crippen molar-refractivity contribution in [2.45, 2.75) is 64.6 Å². The minimum absolute atomic E-state index is 0.0370. The van der Waals surface area contributed by atoms with Gasteiger partial charge in [0.05, 0.1) is 11.1 Å². The zero-order valence-corrected chi connectivity index (χ0v) is 17.9. The van der Waals surface area contributed by atoms with Crippen LogP contribution in [0, 0.1) is 12.3 Å². The first-order valence-electron chi connectivity index (χ1n) is 10.5. The maximum Gasteiger partial charge on any atom is 0.272 e. The Kier molecular flexibility index (Phi) is 6.71. The number of benzene rings is 1. The number of amides is 2. The third-order valence-corrected chi connectivity index (χ3v) is 6.26. The summed E-state index contributed by atoms with van der Waals surface area (Å²) in [6, 6.07) is 6.43. The monoisotopic (exact) mass is 427 g/mol. The summed E-state index contributed by atoms with van der Waals surface area (Å²) in [5.41, 5.74) is 11.7. The Morgan fingerprint density at radius 2 is 1.97 bits per heavy atom. The molecule has 5 N–H and O–H groups in total. The third kappa shape index (κ3) is 4.75. The van der Waals surface area contributed by atoms with Gasteiger partial charge in [0.15, 0.2) is 12.2 Å². The molecular formula is C23H29N3O5. The Hall–Kier alpha value is -2.84. The number of allylic oxidation sites excluding steroid dienone is 2. The molecule has 3 atom stereocenters. The second-order valence-corrected chi connectivity index (χ2v) is 8.53. The molecule has 1 saturated carbocycles. The lowest BCUT2D eigenvalue weighted by Gasteiger charge is -2.24. The number of nitrogens with one attached hydrogen (secondary N) is 1. The van der Waals surface area contributed by atoms with Crippen LogP contribution in [0.4, 0.5) is 0 Å². The molecule has 0 spiro atoms. The molecule has 0 aliphatic heterocycles. The number of carbonyl (C=O) groups is 3. The van der Waals surface area contributed by atoms with Crippen molar-refractivity contribution in [3.8, 4) is 0 Å². The first-order chi connectivity index (χ1) is 14.6. The number of carbonyl (C=O) groups excluding carboxylic acids is 3. The molecule has 3 rings (SSSR count). The van der Waals surface area contributed by atoms with Crippen LogP contribution in [0.25, 0.3) is 5.57 Å². The highest BCUT2D eigenvalue weighted by molar-refractivity contribution is 6.15. The van der Waals surface area contributed by atoms with Crippen LogP contribution in [-0.4, -0.2) is 45.7 Å². The molecule has 0 saturated heterocycles. The molecule has 0 aromatic heterocycles. The first kappa shape index (κ1) is 22.8. The first-order valence-corrected chi connectivity index (χ1v) is 10.5. The van der Waals surface area contributed by atoms with E-state index in [1.807, 2.05) is 0 Å². The van der Waals surface area contributed by atoms with Gasteiger partial charge in [-0.25, -0.2) is 5.43 Å². The average Bonchev–Trinajstić information content (AvgIpc) is 3.02. The maximum atomic E-state index is 12.7. The smallest absolute Gasteiger partial charge is 0.272 e. The van der Waals surface area contributed by atoms with Gasteiger partial charge in [-0.3, -0.25) is 14.4 Å². The van der Waals surface area contributed by atoms with E-state index < -0.39 is 29.4 Å². The molecule has 1 unspecified atom stereocenters. The van der Waals surface area contributed by atoms with Gasteiger partial charge in [-0.2, -0.15) is 5.10 Å². The van der Waals surface area contributed by atoms with E-state index >= 15 is 0 Å². The minimum atomic E-state index is -2.03. The van der Waals surface area contributed by atoms with Gasteiger partial charge in [-0.05, 0) is 62.7 Å². The van der Waals surface area contributed by atoms with Crippen LogP contribution >= 0.6 is 0 Å². The van der Waals surface area contributed by atoms with Crippen LogP contribution in [0.2, 0.25) is 0 Å². The summed E-state index contributed by atoms with van der Waals surface area (Å²) in [4.78, 5) is 35.6. The van der Waals surface area contributed by atoms with Crippen molar-refractivity contribution in [2.24, 2.45) is 16.3 Å². The van der Waals surface area contributed by atoms with Crippen LogP contribution < -0.4 is 11.2 Å². The number of aliphatic hydroxyl groups excluding tert-OH is 2. The predicted molar refractivity (Wildman–Crippen MR) is 116 cm³/mol. The highest BCUT2D eigenvalue weighted by Gasteiger charge is 2.43. The summed E-state index contributed by atoms with van der Waals surface area (Å²) >= 11 is 0. The highest BCUT2D eigenvalue weighted by atomic mass is 16.3. The quantitative estimate of drug-likeness (QED) is 0.504. The number of hydrazone groups is 1. The topological polar surface area (TPSA) is 142 Å². The number of rotatable bonds is 6. The SMILES string of the molecule is Cc1ccc2c(c1)CCC/C2=C\CC1(C)C(=O)CC/C1=N\NC(=O)[C@H](O)[C@@H](O)C(N)=O. The molecule has 0 radical (unpaired) electrons. The standard InChI is InChI=1S/C23H29N3O5/c1-13-6-7-16-14(4-3-5-15(16)12-13)10-11-23(2)17(8-9-18(23)27)25-26-22(31)20(29)19(28)21(24)30/h6-7,10,12,19-20,28-29H,3-5,8-9,11H2,1-2H3,(H2,24,30)(H,26,31)/b14-10+,25-17+/t19-,20-,23?/m1/s1. The number of fused-ring (bicyclic) bond motifs is 1. The van der Waals surface area contributed by atoms with Gasteiger partial charge < -0.3 is 15.9 Å².